The van der Waals surface area contributed by atoms with E-state index in [1.165, 1.54) is 38.9 Å². The highest BCUT2D eigenvalue weighted by atomic mass is 35.5. The lowest BCUT2D eigenvalue weighted by atomic mass is 9.73. The molecular formula is C63H66Cl2N4OS2. The fourth-order valence-corrected chi connectivity index (χ4v) is 15.0. The first kappa shape index (κ1) is 51.8. The topological polar surface area (TPSA) is 59.4 Å². The van der Waals surface area contributed by atoms with Gasteiger partial charge >= 0.3 is 0 Å². The van der Waals surface area contributed by atoms with Crippen molar-refractivity contribution in [1.82, 2.24) is 15.1 Å². The molecule has 2 N–H and O–H groups in total. The van der Waals surface area contributed by atoms with Crippen molar-refractivity contribution in [2.45, 2.75) is 66.5 Å². The highest BCUT2D eigenvalue weighted by molar-refractivity contribution is 8.00. The number of thioether (sulfide) groups is 2. The van der Waals surface area contributed by atoms with Gasteiger partial charge in [-0.3, -0.25) is 14.6 Å². The molecule has 370 valence electrons. The number of rotatable bonds is 23. The highest BCUT2D eigenvalue weighted by Gasteiger charge is 2.48. The van der Waals surface area contributed by atoms with Gasteiger partial charge < -0.3 is 10.7 Å². The molecule has 2 saturated heterocycles. The van der Waals surface area contributed by atoms with Crippen molar-refractivity contribution >= 4 is 58.3 Å². The van der Waals surface area contributed by atoms with E-state index >= 15 is 0 Å². The zero-order valence-electron chi connectivity index (χ0n) is 41.2. The van der Waals surface area contributed by atoms with Gasteiger partial charge in [-0.2, -0.15) is 0 Å². The van der Waals surface area contributed by atoms with Gasteiger partial charge in [0, 0.05) is 48.3 Å². The number of hydrogen-bond donors (Lipinski definition) is 2. The maximum Gasteiger partial charge on any atom is 0.234 e. The lowest BCUT2D eigenvalue weighted by molar-refractivity contribution is -0.122. The SMILES string of the molecule is CCC(=N)[C@@H]1C(c2ccc(Cl)c(Cl)c2)CC2CCC1N2CCCN(CCSC(c1ccccc1)(c1ccccc1)c1ccccc1)CC(=O)NCCSC(c1ccccc1)(c1ccccc1)c1ccccc1. The fourth-order valence-electron chi connectivity index (χ4n) is 11.7. The molecule has 2 fully saturated rings. The second kappa shape index (κ2) is 24.7. The largest absolute Gasteiger partial charge is 0.354 e. The van der Waals surface area contributed by atoms with Crippen LogP contribution < -0.4 is 5.32 Å². The summed E-state index contributed by atoms with van der Waals surface area (Å²) in [6.07, 6.45) is 4.90. The molecule has 0 spiro atoms. The smallest absolute Gasteiger partial charge is 0.234 e. The first-order valence-corrected chi connectivity index (χ1v) is 28.4. The number of benzene rings is 7. The molecule has 4 atom stereocenters. The second-order valence-corrected chi connectivity index (χ2v) is 22.6. The fraction of sp³-hybridized carbons (Fsp3) is 0.302. The van der Waals surface area contributed by atoms with Crippen LogP contribution in [0.4, 0.5) is 0 Å². The first-order valence-electron chi connectivity index (χ1n) is 25.7. The minimum absolute atomic E-state index is 0.0461. The van der Waals surface area contributed by atoms with Crippen LogP contribution in [0.3, 0.4) is 0 Å². The number of halogens is 2. The van der Waals surface area contributed by atoms with E-state index in [-0.39, 0.29) is 17.7 Å². The molecule has 0 aliphatic carbocycles. The number of piperidine rings is 1. The van der Waals surface area contributed by atoms with Crippen LogP contribution in [0.25, 0.3) is 0 Å². The molecule has 0 aromatic heterocycles. The molecule has 3 unspecified atom stereocenters. The van der Waals surface area contributed by atoms with Crippen LogP contribution in [0.1, 0.15) is 83.9 Å². The van der Waals surface area contributed by atoms with Crippen LogP contribution in [-0.2, 0) is 14.3 Å². The summed E-state index contributed by atoms with van der Waals surface area (Å²) in [5.74, 6) is 1.96. The van der Waals surface area contributed by atoms with E-state index in [1.807, 2.05) is 35.7 Å². The summed E-state index contributed by atoms with van der Waals surface area (Å²) in [4.78, 5) is 19.4. The molecule has 9 heteroatoms. The third-order valence-electron chi connectivity index (χ3n) is 15.0. The van der Waals surface area contributed by atoms with Gasteiger partial charge in [0.1, 0.15) is 0 Å². The number of carbonyl (C=O) groups excluding carboxylic acids is 1. The molecule has 72 heavy (non-hydrogen) atoms. The van der Waals surface area contributed by atoms with Crippen LogP contribution in [0.2, 0.25) is 10.0 Å². The predicted molar refractivity (Wildman–Crippen MR) is 306 cm³/mol. The molecule has 5 nitrogen and oxygen atoms in total. The van der Waals surface area contributed by atoms with Crippen LogP contribution in [0, 0.1) is 11.3 Å². The van der Waals surface area contributed by atoms with E-state index in [1.54, 1.807) is 0 Å². The maximum absolute atomic E-state index is 14.3. The molecule has 9 rings (SSSR count). The molecule has 0 saturated carbocycles. The van der Waals surface area contributed by atoms with Gasteiger partial charge in [-0.15, -0.1) is 23.5 Å². The van der Waals surface area contributed by atoms with Crippen molar-refractivity contribution in [3.8, 4) is 0 Å². The summed E-state index contributed by atoms with van der Waals surface area (Å²) in [6.45, 7) is 5.45. The standard InChI is InChI=1S/C63H66Cl2N4OS2/c1-2-58(66)61-55(47-34-36-56(64)57(65)44-47)45-54-35-37-59(61)69(54)40-21-39-68(41-43-72-63(51-28-15-6-16-29-51,52-30-17-7-18-31-52)53-32-19-8-20-33-53)46-60(70)67-38-42-71-62(48-22-9-3-10-23-48,49-24-11-4-12-25-49)50-26-13-5-14-27-50/h3-20,22-34,36,44,54-55,59,61,66H,2,21,35,37-43,45-46H2,1H3,(H,67,70)/t54?,55?,59?,61-/m0/s1. The molecule has 1 amide bonds. The van der Waals surface area contributed by atoms with Gasteiger partial charge in [0.2, 0.25) is 5.91 Å². The molecule has 2 heterocycles. The summed E-state index contributed by atoms with van der Waals surface area (Å²) in [6, 6.07) is 71.7. The van der Waals surface area contributed by atoms with Crippen LogP contribution in [0.5, 0.6) is 0 Å². The zero-order chi connectivity index (χ0) is 49.8. The number of fused-ring (bicyclic) bond motifs is 2. The average Bonchev–Trinajstić information content (AvgIpc) is 3.71. The van der Waals surface area contributed by atoms with E-state index in [4.69, 9.17) is 23.2 Å². The molecule has 0 radical (unpaired) electrons. The van der Waals surface area contributed by atoms with Crippen molar-refractivity contribution in [3.05, 3.63) is 249 Å². The first-order chi connectivity index (χ1) is 35.3. The second-order valence-electron chi connectivity index (χ2n) is 19.2. The Kier molecular flexibility index (Phi) is 17.8. The van der Waals surface area contributed by atoms with Crippen molar-refractivity contribution in [3.63, 3.8) is 0 Å². The van der Waals surface area contributed by atoms with Crippen molar-refractivity contribution < 1.29 is 4.79 Å². The van der Waals surface area contributed by atoms with E-state index in [0.717, 1.165) is 69.0 Å². The number of hydrogen-bond acceptors (Lipinski definition) is 6. The van der Waals surface area contributed by atoms with E-state index < -0.39 is 9.49 Å². The molecule has 2 bridgehead atoms. The highest BCUT2D eigenvalue weighted by Crippen LogP contribution is 2.51. The van der Waals surface area contributed by atoms with Crippen molar-refractivity contribution in [2.75, 3.05) is 44.2 Å². The Labute approximate surface area is 446 Å². The third kappa shape index (κ3) is 11.5. The van der Waals surface area contributed by atoms with Gasteiger partial charge in [0.15, 0.2) is 0 Å². The van der Waals surface area contributed by atoms with Crippen LogP contribution in [-0.4, -0.2) is 77.7 Å². The Morgan fingerprint density at radius 2 is 1.08 bits per heavy atom. The monoisotopic (exact) mass is 1030 g/mol. The number of carbonyl (C=O) groups is 1. The Bertz CT molecular complexity index is 2610. The Balaban J connectivity index is 0.936. The number of nitrogens with one attached hydrogen (secondary N) is 2. The number of amides is 1. The number of nitrogens with zero attached hydrogens (tertiary/aromatic N) is 2. The Morgan fingerprint density at radius 3 is 1.53 bits per heavy atom. The van der Waals surface area contributed by atoms with Crippen molar-refractivity contribution in [2.24, 2.45) is 5.92 Å². The van der Waals surface area contributed by atoms with Gasteiger partial charge in [0.05, 0.1) is 26.1 Å². The van der Waals surface area contributed by atoms with E-state index in [9.17, 15) is 10.2 Å². The normalized spacial score (nSPS) is 18.0. The Morgan fingerprint density at radius 1 is 0.625 bits per heavy atom. The van der Waals surface area contributed by atoms with Crippen LogP contribution >= 0.6 is 46.7 Å². The van der Waals surface area contributed by atoms with Gasteiger partial charge in [0.25, 0.3) is 0 Å². The quantitative estimate of drug-likeness (QED) is 0.0380. The van der Waals surface area contributed by atoms with E-state index in [2.05, 4.69) is 210 Å². The van der Waals surface area contributed by atoms with Gasteiger partial charge in [-0.25, -0.2) is 0 Å². The van der Waals surface area contributed by atoms with Crippen LogP contribution in [0.15, 0.2) is 200 Å². The Hall–Kier alpha value is -5.12. The summed E-state index contributed by atoms with van der Waals surface area (Å²) in [5, 5.41) is 13.8. The van der Waals surface area contributed by atoms with Gasteiger partial charge in [-0.1, -0.05) is 218 Å². The van der Waals surface area contributed by atoms with Crippen molar-refractivity contribution in [1.29, 1.82) is 5.41 Å². The van der Waals surface area contributed by atoms with E-state index in [0.29, 0.717) is 35.2 Å². The molecule has 2 aliphatic rings. The zero-order valence-corrected chi connectivity index (χ0v) is 44.4. The minimum Gasteiger partial charge on any atom is -0.354 e. The lowest BCUT2D eigenvalue weighted by Gasteiger charge is -2.45. The summed E-state index contributed by atoms with van der Waals surface area (Å²) in [7, 11) is 0. The average molecular weight is 1030 g/mol. The molecule has 7 aromatic carbocycles. The lowest BCUT2D eigenvalue weighted by Crippen LogP contribution is -2.51. The van der Waals surface area contributed by atoms with Gasteiger partial charge in [-0.05, 0) is 102 Å². The summed E-state index contributed by atoms with van der Waals surface area (Å²) >= 11 is 16.8. The molecular weight excluding hydrogens is 964 g/mol. The maximum atomic E-state index is 14.3. The third-order valence-corrected chi connectivity index (χ3v) is 18.8. The predicted octanol–water partition coefficient (Wildman–Crippen LogP) is 14.6. The summed E-state index contributed by atoms with van der Waals surface area (Å²) in [5.41, 5.74) is 9.36. The molecule has 2 aliphatic heterocycles. The molecule has 7 aromatic rings. The minimum atomic E-state index is -0.453. The summed E-state index contributed by atoms with van der Waals surface area (Å²) < 4.78 is -0.904.